The summed E-state index contributed by atoms with van der Waals surface area (Å²) >= 11 is 8.72. The fraction of sp³-hybridized carbons (Fsp3) is 0.146. The van der Waals surface area contributed by atoms with Crippen molar-refractivity contribution in [3.8, 4) is 28.6 Å². The number of aliphatic carboxylic acids is 2. The largest absolute Gasteiger partial charge is 0.481 e. The van der Waals surface area contributed by atoms with Crippen molar-refractivity contribution < 1.29 is 29.4 Å². The van der Waals surface area contributed by atoms with Crippen molar-refractivity contribution in [3.63, 3.8) is 0 Å². The number of aromatic nitrogens is 2. The molecular weight excluding hydrogens is 758 g/mol. The molecule has 55 heavy (non-hydrogen) atoms. The summed E-state index contributed by atoms with van der Waals surface area (Å²) < 4.78 is 0. The number of carboxylic acid groups (broad SMARTS) is 2. The molecule has 0 spiro atoms. The van der Waals surface area contributed by atoms with Crippen molar-refractivity contribution in [3.05, 3.63) is 142 Å². The first kappa shape index (κ1) is 40.0. The Labute approximate surface area is 330 Å². The van der Waals surface area contributed by atoms with E-state index in [0.29, 0.717) is 49.8 Å². The van der Waals surface area contributed by atoms with Crippen molar-refractivity contribution >= 4 is 68.3 Å². The molecular formula is C41H34ClN5O6S2. The van der Waals surface area contributed by atoms with Crippen molar-refractivity contribution in [2.75, 3.05) is 17.3 Å². The first-order chi connectivity index (χ1) is 26.5. The molecule has 11 nitrogen and oxygen atoms in total. The molecule has 3 N–H and O–H groups in total. The number of anilines is 2. The number of carbonyl (C=O) groups is 4. The number of nitriles is 1. The molecule has 0 fully saturated rings. The molecule has 0 aliphatic rings. The van der Waals surface area contributed by atoms with Gasteiger partial charge in [0.2, 0.25) is 11.8 Å². The summed E-state index contributed by atoms with van der Waals surface area (Å²) in [4.78, 5) is 58.4. The average Bonchev–Trinajstić information content (AvgIpc) is 3.88. The summed E-state index contributed by atoms with van der Waals surface area (Å²) in [6, 6.07) is 34.8. The zero-order chi connectivity index (χ0) is 39.3. The zero-order valence-electron chi connectivity index (χ0n) is 29.3. The van der Waals surface area contributed by atoms with E-state index in [4.69, 9.17) is 16.7 Å². The molecule has 14 heteroatoms. The van der Waals surface area contributed by atoms with Gasteiger partial charge in [-0.15, -0.1) is 22.7 Å². The molecule has 4 aromatic carbocycles. The van der Waals surface area contributed by atoms with Crippen LogP contribution in [0.3, 0.4) is 0 Å². The monoisotopic (exact) mass is 791 g/mol. The van der Waals surface area contributed by atoms with Crippen LogP contribution in [0.2, 0.25) is 5.02 Å². The van der Waals surface area contributed by atoms with E-state index in [-0.39, 0.29) is 18.7 Å². The summed E-state index contributed by atoms with van der Waals surface area (Å²) in [5.41, 5.74) is 4.80. The van der Waals surface area contributed by atoms with E-state index in [1.165, 1.54) is 27.6 Å². The van der Waals surface area contributed by atoms with Crippen LogP contribution in [0.15, 0.2) is 120 Å². The van der Waals surface area contributed by atoms with E-state index in [0.717, 1.165) is 11.1 Å². The molecule has 0 aliphatic carbocycles. The summed E-state index contributed by atoms with van der Waals surface area (Å²) in [6.07, 6.45) is -0.210. The number of nitrogens with zero attached hydrogens (tertiary/aromatic N) is 4. The number of benzene rings is 4. The van der Waals surface area contributed by atoms with Gasteiger partial charge in [0, 0.05) is 34.0 Å². The van der Waals surface area contributed by atoms with Crippen molar-refractivity contribution in [2.45, 2.75) is 25.2 Å². The van der Waals surface area contributed by atoms with Gasteiger partial charge in [-0.1, -0.05) is 109 Å². The number of hydrogen-bond donors (Lipinski definition) is 3. The highest BCUT2D eigenvalue weighted by Gasteiger charge is 2.28. The SMILES string of the molecule is CN(C(=O)[C@@H](CC(=O)O)Cc1ccccc1)c1nc(-c2ccccc2C#N)cs1.O=C(O)C[C@@H](C(=O)Nc1nc(-c2ccccc2Cl)cs1)c1ccccc1. The number of rotatable bonds is 13. The standard InChI is InChI=1S/C22H19N3O3S.C19H15ClN2O3S/c1-25(21(28)17(12-20(26)27)11-15-7-3-2-4-8-15)22-24-19(14-29-22)18-10-6-5-9-16(18)13-23;20-15-9-5-4-8-13(15)16-11-26-19(21-16)22-18(25)14(10-17(23)24)12-6-2-1-3-7-12/h2-10,14,17H,11-12H2,1H3,(H,26,27);1-9,11,14H,10H2,(H,23,24)(H,21,22,25)/t17-;14-/m11/s1. The van der Waals surface area contributed by atoms with Crippen molar-refractivity contribution in [1.29, 1.82) is 5.26 Å². The van der Waals surface area contributed by atoms with E-state index in [9.17, 15) is 29.5 Å². The Morgan fingerprint density at radius 1 is 0.782 bits per heavy atom. The third-order valence-corrected chi connectivity index (χ3v) is 10.3. The van der Waals surface area contributed by atoms with Crippen LogP contribution in [0.25, 0.3) is 22.5 Å². The van der Waals surface area contributed by atoms with Crippen LogP contribution >= 0.6 is 34.3 Å². The Balaban J connectivity index is 0.000000212. The average molecular weight is 792 g/mol. The number of carbonyl (C=O) groups excluding carboxylic acids is 2. The van der Waals surface area contributed by atoms with E-state index >= 15 is 0 Å². The van der Waals surface area contributed by atoms with Gasteiger partial charge in [0.25, 0.3) is 0 Å². The van der Waals surface area contributed by atoms with Gasteiger partial charge in [-0.2, -0.15) is 5.26 Å². The molecule has 0 unspecified atom stereocenters. The van der Waals surface area contributed by atoms with Gasteiger partial charge in [0.1, 0.15) is 0 Å². The highest BCUT2D eigenvalue weighted by atomic mass is 35.5. The topological polar surface area (TPSA) is 174 Å². The number of hydrogen-bond acceptors (Lipinski definition) is 9. The highest BCUT2D eigenvalue weighted by molar-refractivity contribution is 7.14. The van der Waals surface area contributed by atoms with Crippen LogP contribution in [0.1, 0.15) is 35.4 Å². The van der Waals surface area contributed by atoms with Crippen molar-refractivity contribution in [1.82, 2.24) is 9.97 Å². The Morgan fingerprint density at radius 3 is 2.02 bits per heavy atom. The second-order valence-corrected chi connectivity index (χ2v) is 14.2. The minimum Gasteiger partial charge on any atom is -0.481 e. The van der Waals surface area contributed by atoms with Gasteiger partial charge in [-0.3, -0.25) is 24.1 Å². The molecule has 6 aromatic rings. The predicted octanol–water partition coefficient (Wildman–Crippen LogP) is 8.64. The van der Waals surface area contributed by atoms with Crippen molar-refractivity contribution in [2.24, 2.45) is 5.92 Å². The normalized spacial score (nSPS) is 11.6. The van der Waals surface area contributed by atoms with Crippen LogP contribution in [-0.4, -0.2) is 51.0 Å². The molecule has 0 bridgehead atoms. The number of thiazole rings is 2. The summed E-state index contributed by atoms with van der Waals surface area (Å²) in [5.74, 6) is -4.25. The third-order valence-electron chi connectivity index (χ3n) is 8.31. The van der Waals surface area contributed by atoms with Gasteiger partial charge in [-0.05, 0) is 29.7 Å². The third kappa shape index (κ3) is 10.9. The van der Waals surface area contributed by atoms with Crippen LogP contribution < -0.4 is 10.2 Å². The van der Waals surface area contributed by atoms with E-state index in [2.05, 4.69) is 21.4 Å². The lowest BCUT2D eigenvalue weighted by atomic mass is 9.95. The molecule has 0 aliphatic heterocycles. The maximum Gasteiger partial charge on any atom is 0.304 e. The number of halogens is 1. The Morgan fingerprint density at radius 2 is 1.36 bits per heavy atom. The molecule has 2 aromatic heterocycles. The maximum absolute atomic E-state index is 13.0. The Hall–Kier alpha value is -6.20. The number of carboxylic acids is 2. The smallest absolute Gasteiger partial charge is 0.304 e. The summed E-state index contributed by atoms with van der Waals surface area (Å²) in [5, 5.41) is 35.4. The maximum atomic E-state index is 13.0. The molecule has 2 heterocycles. The zero-order valence-corrected chi connectivity index (χ0v) is 31.7. The second kappa shape index (κ2) is 19.2. The minimum atomic E-state index is -1.04. The molecule has 278 valence electrons. The van der Waals surface area contributed by atoms with E-state index < -0.39 is 29.7 Å². The van der Waals surface area contributed by atoms with E-state index in [1.807, 2.05) is 66.7 Å². The highest BCUT2D eigenvalue weighted by Crippen LogP contribution is 2.32. The quantitative estimate of drug-likeness (QED) is 0.103. The summed E-state index contributed by atoms with van der Waals surface area (Å²) in [6.45, 7) is 0. The molecule has 0 saturated carbocycles. The van der Waals surface area contributed by atoms with Crippen LogP contribution in [0.5, 0.6) is 0 Å². The molecule has 0 saturated heterocycles. The molecule has 0 radical (unpaired) electrons. The van der Waals surface area contributed by atoms with Gasteiger partial charge in [0.05, 0.1) is 47.7 Å². The van der Waals surface area contributed by atoms with Crippen LogP contribution in [0, 0.1) is 17.2 Å². The lowest BCUT2D eigenvalue weighted by Crippen LogP contribution is -2.35. The van der Waals surface area contributed by atoms with Gasteiger partial charge in [-0.25, -0.2) is 9.97 Å². The van der Waals surface area contributed by atoms with Crippen LogP contribution in [0.4, 0.5) is 10.3 Å². The van der Waals surface area contributed by atoms with Crippen LogP contribution in [-0.2, 0) is 25.6 Å². The Kier molecular flexibility index (Phi) is 14.0. The first-order valence-corrected chi connectivity index (χ1v) is 18.9. The predicted molar refractivity (Wildman–Crippen MR) is 214 cm³/mol. The summed E-state index contributed by atoms with van der Waals surface area (Å²) in [7, 11) is 1.60. The van der Waals surface area contributed by atoms with Gasteiger partial charge in [0.15, 0.2) is 10.3 Å². The minimum absolute atomic E-state index is 0.256. The number of nitrogens with one attached hydrogen (secondary N) is 1. The van der Waals surface area contributed by atoms with E-state index in [1.54, 1.807) is 60.3 Å². The second-order valence-electron chi connectivity index (χ2n) is 12.1. The first-order valence-electron chi connectivity index (χ1n) is 16.8. The lowest BCUT2D eigenvalue weighted by Gasteiger charge is -2.21. The van der Waals surface area contributed by atoms with Gasteiger partial charge >= 0.3 is 11.9 Å². The molecule has 6 rings (SSSR count). The molecule has 2 atom stereocenters. The number of amides is 2. The lowest BCUT2D eigenvalue weighted by molar-refractivity contribution is -0.140. The van der Waals surface area contributed by atoms with Gasteiger partial charge < -0.3 is 15.5 Å². The molecule has 2 amide bonds. The fourth-order valence-electron chi connectivity index (χ4n) is 5.61. The Bertz CT molecular complexity index is 2310. The fourth-order valence-corrected chi connectivity index (χ4v) is 7.35.